The molecule has 0 aromatic carbocycles. The van der Waals surface area contributed by atoms with Gasteiger partial charge in [-0.2, -0.15) is 0 Å². The van der Waals surface area contributed by atoms with Crippen LogP contribution in [0.25, 0.3) is 11.4 Å². The Bertz CT molecular complexity index is 803. The highest BCUT2D eigenvalue weighted by Crippen LogP contribution is 2.42. The first-order valence-electron chi connectivity index (χ1n) is 8.99. The van der Waals surface area contributed by atoms with Gasteiger partial charge in [0.15, 0.2) is 5.82 Å². The van der Waals surface area contributed by atoms with Gasteiger partial charge in [-0.3, -0.25) is 9.78 Å². The van der Waals surface area contributed by atoms with Crippen molar-refractivity contribution in [2.45, 2.75) is 46.1 Å². The molecule has 2 aromatic heterocycles. The fourth-order valence-corrected chi connectivity index (χ4v) is 3.78. The zero-order chi connectivity index (χ0) is 17.6. The van der Waals surface area contributed by atoms with E-state index in [1.807, 2.05) is 18.3 Å². The number of nitrogens with zero attached hydrogens (tertiary/aromatic N) is 3. The van der Waals surface area contributed by atoms with Crippen molar-refractivity contribution in [1.82, 2.24) is 20.3 Å². The summed E-state index contributed by atoms with van der Waals surface area (Å²) in [6, 6.07) is 3.85. The lowest BCUT2D eigenvalue weighted by atomic mass is 9.74. The SMILES string of the molecule is C[C@@H]1C[C@@H]1C(=O)N[C@H]1CC(C)(C)Cc2nc(-c3ccncc3)ncc21. The van der Waals surface area contributed by atoms with Crippen molar-refractivity contribution >= 4 is 5.91 Å². The number of aromatic nitrogens is 3. The highest BCUT2D eigenvalue weighted by molar-refractivity contribution is 5.82. The number of carbonyl (C=O) groups is 1. The molecule has 2 heterocycles. The number of amides is 1. The summed E-state index contributed by atoms with van der Waals surface area (Å²) in [6.45, 7) is 6.61. The lowest BCUT2D eigenvalue weighted by molar-refractivity contribution is -0.123. The van der Waals surface area contributed by atoms with Crippen molar-refractivity contribution in [3.8, 4) is 11.4 Å². The van der Waals surface area contributed by atoms with Gasteiger partial charge in [-0.25, -0.2) is 9.97 Å². The predicted molar refractivity (Wildman–Crippen MR) is 95.5 cm³/mol. The third kappa shape index (κ3) is 3.28. The van der Waals surface area contributed by atoms with Crippen molar-refractivity contribution in [2.24, 2.45) is 17.3 Å². The molecule has 4 rings (SSSR count). The van der Waals surface area contributed by atoms with Crippen molar-refractivity contribution in [3.05, 3.63) is 42.0 Å². The molecular formula is C20H24N4O. The lowest BCUT2D eigenvalue weighted by Gasteiger charge is -2.36. The lowest BCUT2D eigenvalue weighted by Crippen LogP contribution is -2.38. The second-order valence-electron chi connectivity index (χ2n) is 8.26. The first kappa shape index (κ1) is 16.2. The van der Waals surface area contributed by atoms with E-state index in [0.717, 1.165) is 41.9 Å². The quantitative estimate of drug-likeness (QED) is 0.933. The van der Waals surface area contributed by atoms with Crippen LogP contribution < -0.4 is 5.32 Å². The molecule has 2 aliphatic carbocycles. The Morgan fingerprint density at radius 3 is 2.68 bits per heavy atom. The molecule has 0 aliphatic heterocycles. The van der Waals surface area contributed by atoms with Crippen LogP contribution in [0.3, 0.4) is 0 Å². The van der Waals surface area contributed by atoms with Gasteiger partial charge in [-0.1, -0.05) is 20.8 Å². The largest absolute Gasteiger partial charge is 0.349 e. The first-order chi connectivity index (χ1) is 11.9. The summed E-state index contributed by atoms with van der Waals surface area (Å²) >= 11 is 0. The molecular weight excluding hydrogens is 312 g/mol. The van der Waals surface area contributed by atoms with Gasteiger partial charge in [0, 0.05) is 35.6 Å². The smallest absolute Gasteiger partial charge is 0.223 e. The maximum Gasteiger partial charge on any atom is 0.223 e. The highest BCUT2D eigenvalue weighted by Gasteiger charge is 2.41. The molecule has 5 heteroatoms. The van der Waals surface area contributed by atoms with E-state index in [-0.39, 0.29) is 23.3 Å². The molecule has 1 N–H and O–H groups in total. The van der Waals surface area contributed by atoms with E-state index in [9.17, 15) is 4.79 Å². The van der Waals surface area contributed by atoms with E-state index in [1.54, 1.807) is 12.4 Å². The second kappa shape index (κ2) is 5.90. The van der Waals surface area contributed by atoms with E-state index in [2.05, 4.69) is 36.1 Å². The third-order valence-electron chi connectivity index (χ3n) is 5.38. The number of fused-ring (bicyclic) bond motifs is 1. The Hall–Kier alpha value is -2.30. The fourth-order valence-electron chi connectivity index (χ4n) is 3.78. The molecule has 1 fully saturated rings. The molecule has 0 spiro atoms. The van der Waals surface area contributed by atoms with E-state index in [4.69, 9.17) is 4.98 Å². The molecule has 0 bridgehead atoms. The minimum atomic E-state index is 0.00513. The normalized spacial score (nSPS) is 26.6. The summed E-state index contributed by atoms with van der Waals surface area (Å²) < 4.78 is 0. The topological polar surface area (TPSA) is 67.8 Å². The third-order valence-corrected chi connectivity index (χ3v) is 5.38. The minimum Gasteiger partial charge on any atom is -0.349 e. The molecule has 0 radical (unpaired) electrons. The summed E-state index contributed by atoms with van der Waals surface area (Å²) in [6.07, 6.45) is 8.23. The van der Waals surface area contributed by atoms with Crippen molar-refractivity contribution in [1.29, 1.82) is 0 Å². The van der Waals surface area contributed by atoms with Gasteiger partial charge in [-0.15, -0.1) is 0 Å². The summed E-state index contributed by atoms with van der Waals surface area (Å²) in [7, 11) is 0. The zero-order valence-electron chi connectivity index (χ0n) is 15.0. The maximum atomic E-state index is 12.4. The van der Waals surface area contributed by atoms with E-state index in [1.165, 1.54) is 0 Å². The van der Waals surface area contributed by atoms with Gasteiger partial charge in [0.2, 0.25) is 5.91 Å². The van der Waals surface area contributed by atoms with Crippen molar-refractivity contribution in [3.63, 3.8) is 0 Å². The molecule has 1 saturated carbocycles. The minimum absolute atomic E-state index is 0.00513. The van der Waals surface area contributed by atoms with Crippen LogP contribution in [0.1, 0.15) is 50.9 Å². The van der Waals surface area contributed by atoms with Crippen molar-refractivity contribution in [2.75, 3.05) is 0 Å². The molecule has 0 saturated heterocycles. The summed E-state index contributed by atoms with van der Waals surface area (Å²) in [5, 5.41) is 3.25. The number of pyridine rings is 1. The molecule has 2 aliphatic rings. The molecule has 0 unspecified atom stereocenters. The molecule has 25 heavy (non-hydrogen) atoms. The van der Waals surface area contributed by atoms with Crippen LogP contribution in [0.2, 0.25) is 0 Å². The molecule has 3 atom stereocenters. The first-order valence-corrected chi connectivity index (χ1v) is 8.99. The van der Waals surface area contributed by atoms with Gasteiger partial charge >= 0.3 is 0 Å². The van der Waals surface area contributed by atoms with E-state index < -0.39 is 0 Å². The van der Waals surface area contributed by atoms with Crippen LogP contribution in [0.15, 0.2) is 30.7 Å². The summed E-state index contributed by atoms with van der Waals surface area (Å²) in [5.74, 6) is 1.60. The van der Waals surface area contributed by atoms with Crippen LogP contribution in [0.5, 0.6) is 0 Å². The standard InChI is InChI=1S/C20H24N4O/c1-12-8-14(12)19(25)24-17-10-20(2,3)9-16-15(17)11-22-18(23-16)13-4-6-21-7-5-13/h4-7,11-12,14,17H,8-10H2,1-3H3,(H,24,25)/t12-,14+,17+/m1/s1. The monoisotopic (exact) mass is 336 g/mol. The van der Waals surface area contributed by atoms with Gasteiger partial charge in [0.05, 0.1) is 11.7 Å². The number of carbonyl (C=O) groups excluding carboxylic acids is 1. The van der Waals surface area contributed by atoms with Gasteiger partial charge in [-0.05, 0) is 42.7 Å². The predicted octanol–water partition coefficient (Wildman–Crippen LogP) is 3.32. The Kier molecular flexibility index (Phi) is 3.82. The Balaban J connectivity index is 1.65. The maximum absolute atomic E-state index is 12.4. The van der Waals surface area contributed by atoms with E-state index in [0.29, 0.717) is 5.92 Å². The average molecular weight is 336 g/mol. The molecule has 2 aromatic rings. The molecule has 1 amide bonds. The van der Waals surface area contributed by atoms with E-state index >= 15 is 0 Å². The second-order valence-corrected chi connectivity index (χ2v) is 8.26. The Labute approximate surface area is 148 Å². The van der Waals surface area contributed by atoms with Gasteiger partial charge in [0.25, 0.3) is 0 Å². The number of rotatable bonds is 3. The molecule has 130 valence electrons. The van der Waals surface area contributed by atoms with Crippen LogP contribution in [-0.4, -0.2) is 20.9 Å². The summed E-state index contributed by atoms with van der Waals surface area (Å²) in [4.78, 5) is 25.9. The van der Waals surface area contributed by atoms with Crippen LogP contribution >= 0.6 is 0 Å². The Morgan fingerprint density at radius 1 is 1.28 bits per heavy atom. The highest BCUT2D eigenvalue weighted by atomic mass is 16.2. The van der Waals surface area contributed by atoms with Crippen LogP contribution in [0, 0.1) is 17.3 Å². The van der Waals surface area contributed by atoms with Gasteiger partial charge < -0.3 is 5.32 Å². The van der Waals surface area contributed by atoms with Crippen LogP contribution in [0.4, 0.5) is 0 Å². The number of hydrogen-bond acceptors (Lipinski definition) is 4. The zero-order valence-corrected chi connectivity index (χ0v) is 15.0. The summed E-state index contributed by atoms with van der Waals surface area (Å²) in [5.41, 5.74) is 3.18. The van der Waals surface area contributed by atoms with Crippen molar-refractivity contribution < 1.29 is 4.79 Å². The van der Waals surface area contributed by atoms with Gasteiger partial charge in [0.1, 0.15) is 0 Å². The number of nitrogens with one attached hydrogen (secondary N) is 1. The molecule has 5 nitrogen and oxygen atoms in total. The average Bonchev–Trinajstić information content (AvgIpc) is 3.31. The van der Waals surface area contributed by atoms with Crippen LogP contribution in [-0.2, 0) is 11.2 Å². The Morgan fingerprint density at radius 2 is 2.00 bits per heavy atom. The fraction of sp³-hybridized carbons (Fsp3) is 0.500. The number of hydrogen-bond donors (Lipinski definition) is 1.